The van der Waals surface area contributed by atoms with Gasteiger partial charge in [-0.25, -0.2) is 0 Å². The van der Waals surface area contributed by atoms with E-state index >= 15 is 0 Å². The van der Waals surface area contributed by atoms with Gasteiger partial charge in [0.1, 0.15) is 5.75 Å². The van der Waals surface area contributed by atoms with Crippen LogP contribution in [-0.4, -0.2) is 31.9 Å². The summed E-state index contributed by atoms with van der Waals surface area (Å²) in [6.07, 6.45) is 2.67. The maximum absolute atomic E-state index is 12.3. The van der Waals surface area contributed by atoms with E-state index in [4.69, 9.17) is 0 Å². The fourth-order valence-corrected chi connectivity index (χ4v) is 3.99. The Labute approximate surface area is 129 Å². The molecule has 0 spiro atoms. The van der Waals surface area contributed by atoms with Crippen molar-refractivity contribution in [3.05, 3.63) is 29.8 Å². The number of nitrogens with zero attached hydrogens (tertiary/aromatic N) is 1. The summed E-state index contributed by atoms with van der Waals surface area (Å²) in [5.74, 6) is -0.0214. The summed E-state index contributed by atoms with van der Waals surface area (Å²) in [6.45, 7) is -0.688. The summed E-state index contributed by atoms with van der Waals surface area (Å²) < 4.78 is 57.6. The average molecular weight is 334 g/mol. The molecule has 0 aromatic heterocycles. The first-order valence-corrected chi connectivity index (χ1v) is 8.63. The highest BCUT2D eigenvalue weighted by atomic mass is 32.2. The topological polar surface area (TPSA) is 58.6 Å². The molecule has 124 valence electrons. The predicted molar refractivity (Wildman–Crippen MR) is 78.9 cm³/mol. The molecule has 1 heterocycles. The summed E-state index contributed by atoms with van der Waals surface area (Å²) in [6, 6.07) is 6.09. The van der Waals surface area contributed by atoms with Crippen molar-refractivity contribution in [3.63, 3.8) is 0 Å². The number of para-hydroxylation sites is 1. The number of rotatable bonds is 6. The summed E-state index contributed by atoms with van der Waals surface area (Å²) in [5.41, 5.74) is 0.371. The number of halogens is 2. The second-order valence-electron chi connectivity index (χ2n) is 5.27. The zero-order chi connectivity index (χ0) is 16.2. The molecule has 0 saturated carbocycles. The number of alkyl halides is 2. The van der Waals surface area contributed by atoms with E-state index in [9.17, 15) is 17.2 Å². The van der Waals surface area contributed by atoms with Gasteiger partial charge in [-0.15, -0.1) is 0 Å². The fraction of sp³-hybridized carbons (Fsp3) is 0.571. The molecule has 0 unspecified atom stereocenters. The van der Waals surface area contributed by atoms with Crippen LogP contribution in [0.25, 0.3) is 0 Å². The molecule has 0 amide bonds. The molecule has 1 saturated heterocycles. The third-order valence-corrected chi connectivity index (χ3v) is 5.35. The quantitative estimate of drug-likeness (QED) is 0.869. The molecule has 1 aromatic carbocycles. The van der Waals surface area contributed by atoms with Crippen LogP contribution in [0.3, 0.4) is 0 Å². The first kappa shape index (κ1) is 17.1. The van der Waals surface area contributed by atoms with Crippen LogP contribution in [0.1, 0.15) is 31.7 Å². The van der Waals surface area contributed by atoms with Crippen molar-refractivity contribution in [2.45, 2.75) is 45.4 Å². The van der Waals surface area contributed by atoms with Gasteiger partial charge < -0.3 is 4.74 Å². The molecular weight excluding hydrogens is 314 g/mol. The van der Waals surface area contributed by atoms with E-state index < -0.39 is 16.8 Å². The van der Waals surface area contributed by atoms with Gasteiger partial charge in [0.05, 0.1) is 0 Å². The molecule has 0 radical (unpaired) electrons. The fourth-order valence-electron chi connectivity index (χ4n) is 2.54. The molecule has 2 rings (SSSR count). The smallest absolute Gasteiger partial charge is 0.387 e. The average Bonchev–Trinajstić information content (AvgIpc) is 2.46. The summed E-state index contributed by atoms with van der Waals surface area (Å²) in [4.78, 5) is 0. The molecule has 0 aliphatic carbocycles. The highest BCUT2D eigenvalue weighted by Gasteiger charge is 2.29. The van der Waals surface area contributed by atoms with E-state index in [1.54, 1.807) is 18.2 Å². The van der Waals surface area contributed by atoms with Crippen LogP contribution in [0, 0.1) is 0 Å². The van der Waals surface area contributed by atoms with Crippen molar-refractivity contribution in [2.24, 2.45) is 0 Å². The van der Waals surface area contributed by atoms with Crippen molar-refractivity contribution >= 4 is 10.2 Å². The summed E-state index contributed by atoms with van der Waals surface area (Å²) in [5, 5.41) is 0. The van der Waals surface area contributed by atoms with Crippen LogP contribution in [0.5, 0.6) is 5.75 Å². The second kappa shape index (κ2) is 7.34. The minimum atomic E-state index is -3.64. The van der Waals surface area contributed by atoms with E-state index in [0.717, 1.165) is 19.3 Å². The normalized spacial score (nSPS) is 20.3. The van der Waals surface area contributed by atoms with Gasteiger partial charge in [-0.2, -0.15) is 26.2 Å². The van der Waals surface area contributed by atoms with E-state index in [2.05, 4.69) is 9.46 Å². The van der Waals surface area contributed by atoms with E-state index in [-0.39, 0.29) is 18.3 Å². The zero-order valence-electron chi connectivity index (χ0n) is 12.3. The maximum Gasteiger partial charge on any atom is 0.387 e. The molecule has 1 aliphatic heterocycles. The van der Waals surface area contributed by atoms with E-state index in [0.29, 0.717) is 12.1 Å². The molecule has 8 heteroatoms. The van der Waals surface area contributed by atoms with E-state index in [1.807, 2.05) is 6.92 Å². The lowest BCUT2D eigenvalue weighted by molar-refractivity contribution is -0.0504. The standard InChI is InChI=1S/C14H20F2N2O3S/c1-11-6-4-5-9-18(11)22(19,20)17-10-12-7-2-3-8-13(12)21-14(15)16/h2-3,7-8,11,14,17H,4-6,9-10H2,1H3/t11-/m1/s1. The Morgan fingerprint density at radius 2 is 2.09 bits per heavy atom. The van der Waals surface area contributed by atoms with Gasteiger partial charge in [0.25, 0.3) is 10.2 Å². The molecular formula is C14H20F2N2O3S. The van der Waals surface area contributed by atoms with Crippen LogP contribution < -0.4 is 9.46 Å². The zero-order valence-corrected chi connectivity index (χ0v) is 13.2. The van der Waals surface area contributed by atoms with Gasteiger partial charge in [0, 0.05) is 24.7 Å². The van der Waals surface area contributed by atoms with Gasteiger partial charge in [0.15, 0.2) is 0 Å². The van der Waals surface area contributed by atoms with Gasteiger partial charge in [-0.05, 0) is 25.8 Å². The third kappa shape index (κ3) is 4.37. The molecule has 1 fully saturated rings. The number of nitrogens with one attached hydrogen (secondary N) is 1. The lowest BCUT2D eigenvalue weighted by atomic mass is 10.1. The molecule has 5 nitrogen and oxygen atoms in total. The van der Waals surface area contributed by atoms with Crippen molar-refractivity contribution in [1.82, 2.24) is 9.03 Å². The largest absolute Gasteiger partial charge is 0.434 e. The van der Waals surface area contributed by atoms with Crippen molar-refractivity contribution < 1.29 is 21.9 Å². The van der Waals surface area contributed by atoms with Gasteiger partial charge in [-0.1, -0.05) is 24.6 Å². The highest BCUT2D eigenvalue weighted by Crippen LogP contribution is 2.22. The minimum absolute atomic E-state index is 0.0214. The number of hydrogen-bond acceptors (Lipinski definition) is 3. The number of ether oxygens (including phenoxy) is 1. The molecule has 1 aliphatic rings. The Balaban J connectivity index is 2.06. The first-order chi connectivity index (χ1) is 10.4. The second-order valence-corrected chi connectivity index (χ2v) is 6.98. The monoisotopic (exact) mass is 334 g/mol. The van der Waals surface area contributed by atoms with Crippen LogP contribution in [0.4, 0.5) is 8.78 Å². The number of piperidine rings is 1. The van der Waals surface area contributed by atoms with Crippen LogP contribution >= 0.6 is 0 Å². The summed E-state index contributed by atoms with van der Waals surface area (Å²) >= 11 is 0. The lowest BCUT2D eigenvalue weighted by Crippen LogP contribution is -2.47. The lowest BCUT2D eigenvalue weighted by Gasteiger charge is -2.32. The van der Waals surface area contributed by atoms with Crippen molar-refractivity contribution in [1.29, 1.82) is 0 Å². The van der Waals surface area contributed by atoms with Crippen molar-refractivity contribution in [2.75, 3.05) is 6.54 Å². The Morgan fingerprint density at radius 1 is 1.36 bits per heavy atom. The summed E-state index contributed by atoms with van der Waals surface area (Å²) in [7, 11) is -3.64. The Bertz CT molecular complexity index is 596. The molecule has 1 atom stereocenters. The molecule has 1 aromatic rings. The molecule has 22 heavy (non-hydrogen) atoms. The predicted octanol–water partition coefficient (Wildman–Crippen LogP) is 2.50. The maximum atomic E-state index is 12.3. The van der Waals surface area contributed by atoms with Gasteiger partial charge in [0.2, 0.25) is 0 Å². The molecule has 1 N–H and O–H groups in total. The Morgan fingerprint density at radius 3 is 2.77 bits per heavy atom. The molecule has 0 bridgehead atoms. The third-order valence-electron chi connectivity index (χ3n) is 3.68. The Kier molecular flexibility index (Phi) is 5.71. The first-order valence-electron chi connectivity index (χ1n) is 7.19. The van der Waals surface area contributed by atoms with Crippen LogP contribution in [-0.2, 0) is 16.8 Å². The van der Waals surface area contributed by atoms with Crippen LogP contribution in [0.15, 0.2) is 24.3 Å². The van der Waals surface area contributed by atoms with E-state index in [1.165, 1.54) is 10.4 Å². The highest BCUT2D eigenvalue weighted by molar-refractivity contribution is 7.87. The van der Waals surface area contributed by atoms with Crippen molar-refractivity contribution in [3.8, 4) is 5.75 Å². The van der Waals surface area contributed by atoms with Gasteiger partial charge in [-0.3, -0.25) is 0 Å². The minimum Gasteiger partial charge on any atom is -0.434 e. The number of hydrogen-bond donors (Lipinski definition) is 1. The van der Waals surface area contributed by atoms with Gasteiger partial charge >= 0.3 is 6.61 Å². The Hall–Kier alpha value is -1.25. The van der Waals surface area contributed by atoms with Crippen LogP contribution in [0.2, 0.25) is 0 Å². The number of benzene rings is 1. The SMILES string of the molecule is C[C@@H]1CCCCN1S(=O)(=O)NCc1ccccc1OC(F)F.